The van der Waals surface area contributed by atoms with Crippen LogP contribution in [-0.4, -0.2) is 67.0 Å². The maximum absolute atomic E-state index is 8.71. The molecule has 0 aliphatic carbocycles. The van der Waals surface area contributed by atoms with Crippen molar-refractivity contribution in [1.29, 1.82) is 0 Å². The topological polar surface area (TPSA) is 46.9 Å². The molecule has 0 radical (unpaired) electrons. The average Bonchev–Trinajstić information content (AvgIpc) is 2.14. The van der Waals surface area contributed by atoms with Gasteiger partial charge in [0.15, 0.2) is 0 Å². The molecule has 1 heterocycles. The van der Waals surface area contributed by atoms with E-state index in [1.165, 1.54) is 0 Å². The molecule has 1 aliphatic heterocycles. The van der Waals surface area contributed by atoms with Crippen molar-refractivity contribution in [1.82, 2.24) is 9.80 Å². The first kappa shape index (κ1) is 12.4. The van der Waals surface area contributed by atoms with E-state index in [4.69, 9.17) is 10.2 Å². The number of β-amino-alcohol motifs (C(OH)–C–C–N with tert-alkyl or cyclic N) is 1. The Morgan fingerprint density at radius 3 is 2.46 bits per heavy atom. The van der Waals surface area contributed by atoms with Gasteiger partial charge in [0.2, 0.25) is 0 Å². The highest BCUT2D eigenvalue weighted by atomic mass is 16.3. The Balaban J connectivity index is 0.000000671. The summed E-state index contributed by atoms with van der Waals surface area (Å²) in [4.78, 5) is 4.37. The van der Waals surface area contributed by atoms with E-state index in [9.17, 15) is 0 Å². The van der Waals surface area contributed by atoms with Crippen molar-refractivity contribution < 1.29 is 10.2 Å². The minimum absolute atomic E-state index is 0.225. The first-order valence-corrected chi connectivity index (χ1v) is 4.41. The minimum Gasteiger partial charge on any atom is -0.400 e. The van der Waals surface area contributed by atoms with Crippen molar-refractivity contribution in [2.24, 2.45) is 0 Å². The van der Waals surface area contributed by atoms with Crippen molar-refractivity contribution in [3.05, 3.63) is 12.3 Å². The lowest BCUT2D eigenvalue weighted by molar-refractivity contribution is 0.169. The number of likely N-dealkylation sites (N-methyl/N-ethyl adjacent to an activating group) is 1. The minimum atomic E-state index is 0.225. The molecule has 0 unspecified atom stereocenters. The van der Waals surface area contributed by atoms with Gasteiger partial charge in [-0.05, 0) is 7.05 Å². The van der Waals surface area contributed by atoms with Crippen LogP contribution in [-0.2, 0) is 0 Å². The van der Waals surface area contributed by atoms with E-state index in [0.29, 0.717) is 0 Å². The molecular weight excluding hydrogens is 168 g/mol. The van der Waals surface area contributed by atoms with Gasteiger partial charge in [-0.3, -0.25) is 4.90 Å². The molecule has 0 saturated carbocycles. The Kier molecular flexibility index (Phi) is 6.58. The fourth-order valence-electron chi connectivity index (χ4n) is 1.33. The van der Waals surface area contributed by atoms with Crippen LogP contribution in [0.25, 0.3) is 0 Å². The predicted octanol–water partition coefficient (Wildman–Crippen LogP) is -0.652. The van der Waals surface area contributed by atoms with Crippen molar-refractivity contribution in [2.75, 3.05) is 46.9 Å². The van der Waals surface area contributed by atoms with Crippen LogP contribution in [0.15, 0.2) is 12.3 Å². The van der Waals surface area contributed by atoms with Crippen LogP contribution in [0.2, 0.25) is 0 Å². The number of aliphatic hydroxyl groups is 2. The number of aliphatic hydroxyl groups excluding tert-OH is 2. The van der Waals surface area contributed by atoms with Gasteiger partial charge in [0.25, 0.3) is 0 Å². The molecule has 0 aromatic carbocycles. The van der Waals surface area contributed by atoms with Gasteiger partial charge in [-0.25, -0.2) is 0 Å². The van der Waals surface area contributed by atoms with Gasteiger partial charge in [-0.15, -0.1) is 0 Å². The molecule has 0 atom stereocenters. The summed E-state index contributed by atoms with van der Waals surface area (Å²) in [5, 5.41) is 15.7. The second-order valence-corrected chi connectivity index (χ2v) is 3.01. The van der Waals surface area contributed by atoms with Crippen LogP contribution in [0.5, 0.6) is 0 Å². The average molecular weight is 188 g/mol. The first-order chi connectivity index (χ1) is 6.24. The second kappa shape index (κ2) is 6.88. The van der Waals surface area contributed by atoms with Crippen molar-refractivity contribution in [2.45, 2.75) is 0 Å². The number of hydrogen-bond acceptors (Lipinski definition) is 4. The summed E-state index contributed by atoms with van der Waals surface area (Å²) in [5.41, 5.74) is 1.12. The van der Waals surface area contributed by atoms with Gasteiger partial charge in [0.05, 0.1) is 6.61 Å². The molecule has 1 rings (SSSR count). The molecular formula is C9H20N2O2. The number of nitrogens with zero attached hydrogens (tertiary/aromatic N) is 2. The zero-order valence-corrected chi connectivity index (χ0v) is 8.53. The SMILES string of the molecule is C=C1CN(C)CCN1CCO.CO. The molecule has 0 aromatic rings. The van der Waals surface area contributed by atoms with Gasteiger partial charge in [0.1, 0.15) is 0 Å². The Hall–Kier alpha value is -0.580. The first-order valence-electron chi connectivity index (χ1n) is 4.41. The normalized spacial score (nSPS) is 18.2. The van der Waals surface area contributed by atoms with Crippen LogP contribution in [0.1, 0.15) is 0 Å². The lowest BCUT2D eigenvalue weighted by Crippen LogP contribution is -2.43. The van der Waals surface area contributed by atoms with Gasteiger partial charge >= 0.3 is 0 Å². The van der Waals surface area contributed by atoms with Crippen LogP contribution in [0.4, 0.5) is 0 Å². The van der Waals surface area contributed by atoms with Crippen molar-refractivity contribution in [3.8, 4) is 0 Å². The van der Waals surface area contributed by atoms with E-state index < -0.39 is 0 Å². The van der Waals surface area contributed by atoms with Crippen LogP contribution >= 0.6 is 0 Å². The highest BCUT2D eigenvalue weighted by Gasteiger charge is 2.15. The van der Waals surface area contributed by atoms with E-state index in [1.807, 2.05) is 0 Å². The summed E-state index contributed by atoms with van der Waals surface area (Å²) >= 11 is 0. The van der Waals surface area contributed by atoms with E-state index in [2.05, 4.69) is 23.4 Å². The summed E-state index contributed by atoms with van der Waals surface area (Å²) < 4.78 is 0. The lowest BCUT2D eigenvalue weighted by atomic mass is 10.3. The van der Waals surface area contributed by atoms with Gasteiger partial charge < -0.3 is 15.1 Å². The molecule has 4 nitrogen and oxygen atoms in total. The molecule has 1 aliphatic rings. The third-order valence-corrected chi connectivity index (χ3v) is 2.02. The zero-order chi connectivity index (χ0) is 10.3. The lowest BCUT2D eigenvalue weighted by Gasteiger charge is -2.35. The fraction of sp³-hybridized carbons (Fsp3) is 0.778. The summed E-state index contributed by atoms with van der Waals surface area (Å²) in [6.07, 6.45) is 0. The number of hydrogen-bond donors (Lipinski definition) is 2. The van der Waals surface area contributed by atoms with Gasteiger partial charge in [0, 0.05) is 39.0 Å². The fourth-order valence-corrected chi connectivity index (χ4v) is 1.33. The monoisotopic (exact) mass is 188 g/mol. The maximum atomic E-state index is 8.71. The third-order valence-electron chi connectivity index (χ3n) is 2.02. The molecule has 0 bridgehead atoms. The van der Waals surface area contributed by atoms with Crippen molar-refractivity contribution in [3.63, 3.8) is 0 Å². The van der Waals surface area contributed by atoms with E-state index in [0.717, 1.165) is 39.0 Å². The highest BCUT2D eigenvalue weighted by molar-refractivity contribution is 4.99. The molecule has 78 valence electrons. The number of piperazine rings is 1. The predicted molar refractivity (Wildman–Crippen MR) is 53.4 cm³/mol. The third kappa shape index (κ3) is 4.26. The largest absolute Gasteiger partial charge is 0.400 e. The molecule has 1 saturated heterocycles. The quantitative estimate of drug-likeness (QED) is 0.604. The molecule has 13 heavy (non-hydrogen) atoms. The summed E-state index contributed by atoms with van der Waals surface area (Å²) in [6, 6.07) is 0. The molecule has 0 aromatic heterocycles. The molecule has 0 spiro atoms. The summed E-state index contributed by atoms with van der Waals surface area (Å²) in [5.74, 6) is 0. The van der Waals surface area contributed by atoms with Crippen LogP contribution < -0.4 is 0 Å². The Morgan fingerprint density at radius 1 is 1.38 bits per heavy atom. The maximum Gasteiger partial charge on any atom is 0.0606 e. The van der Waals surface area contributed by atoms with E-state index >= 15 is 0 Å². The Morgan fingerprint density at radius 2 is 2.00 bits per heavy atom. The molecule has 1 fully saturated rings. The van der Waals surface area contributed by atoms with Gasteiger partial charge in [-0.2, -0.15) is 0 Å². The Labute approximate surface area is 80.1 Å². The molecule has 4 heteroatoms. The van der Waals surface area contributed by atoms with E-state index in [1.54, 1.807) is 0 Å². The Bertz CT molecular complexity index is 151. The zero-order valence-electron chi connectivity index (χ0n) is 8.53. The summed E-state index contributed by atoms with van der Waals surface area (Å²) in [7, 11) is 3.08. The van der Waals surface area contributed by atoms with Gasteiger partial charge in [-0.1, -0.05) is 6.58 Å². The molecule has 0 amide bonds. The van der Waals surface area contributed by atoms with Crippen LogP contribution in [0, 0.1) is 0 Å². The van der Waals surface area contributed by atoms with Crippen molar-refractivity contribution >= 4 is 0 Å². The molecule has 2 N–H and O–H groups in total. The second-order valence-electron chi connectivity index (χ2n) is 3.01. The standard InChI is InChI=1S/C8H16N2O.CH4O/c1-8-7-9(2)3-4-10(8)5-6-11;1-2/h11H,1,3-7H2,2H3;2H,1H3. The summed E-state index contributed by atoms with van der Waals surface area (Å²) in [6.45, 7) is 7.89. The highest BCUT2D eigenvalue weighted by Crippen LogP contribution is 2.08. The number of rotatable bonds is 2. The van der Waals surface area contributed by atoms with E-state index in [-0.39, 0.29) is 6.61 Å². The smallest absolute Gasteiger partial charge is 0.0606 e. The van der Waals surface area contributed by atoms with Crippen LogP contribution in [0.3, 0.4) is 0 Å².